The molecule has 2 heterocycles. The van der Waals surface area contributed by atoms with Gasteiger partial charge in [-0.1, -0.05) is 0 Å². The number of likely N-dealkylation sites (N-methyl/N-ethyl adjacent to an activating group) is 1. The Kier molecular flexibility index (Phi) is 2.60. The summed E-state index contributed by atoms with van der Waals surface area (Å²) in [6, 6.07) is 4.37. The van der Waals surface area contributed by atoms with Gasteiger partial charge in [0.05, 0.1) is 0 Å². The molecular weight excluding hydrogens is 216 g/mol. The summed E-state index contributed by atoms with van der Waals surface area (Å²) in [4.78, 5) is 2.42. The molecule has 2 nitrogen and oxygen atoms in total. The molecule has 0 radical (unpaired) electrons. The molecule has 0 bridgehead atoms. The summed E-state index contributed by atoms with van der Waals surface area (Å²) in [5, 5.41) is 0. The molecule has 0 fully saturated rings. The molecule has 2 aliphatic heterocycles. The summed E-state index contributed by atoms with van der Waals surface area (Å²) in [6.07, 6.45) is 1.32. The fraction of sp³-hybridized carbons (Fsp3) is 0.538. The van der Waals surface area contributed by atoms with Crippen LogP contribution in [0.25, 0.3) is 0 Å². The highest BCUT2D eigenvalue weighted by Crippen LogP contribution is 2.39. The number of nitrogens with zero attached hydrogens (tertiary/aromatic N) is 1. The highest BCUT2D eigenvalue weighted by atomic mass is 32.2. The van der Waals surface area contributed by atoms with Crippen LogP contribution in [0.2, 0.25) is 0 Å². The van der Waals surface area contributed by atoms with Crippen molar-refractivity contribution in [2.75, 3.05) is 25.1 Å². The van der Waals surface area contributed by atoms with Gasteiger partial charge in [0.15, 0.2) is 0 Å². The Morgan fingerprint density at radius 2 is 2.19 bits per heavy atom. The van der Waals surface area contributed by atoms with Gasteiger partial charge in [0.2, 0.25) is 0 Å². The van der Waals surface area contributed by atoms with Crippen LogP contribution in [-0.4, -0.2) is 24.2 Å². The van der Waals surface area contributed by atoms with Crippen LogP contribution in [0.1, 0.15) is 29.0 Å². The number of anilines is 1. The molecule has 3 heteroatoms. The number of nitrogens with two attached hydrogens (primary N) is 1. The largest absolute Gasteiger partial charge is 0.399 e. The van der Waals surface area contributed by atoms with Gasteiger partial charge in [-0.3, -0.25) is 0 Å². The molecule has 0 aliphatic carbocycles. The Morgan fingerprint density at radius 1 is 1.38 bits per heavy atom. The molecule has 0 saturated carbocycles. The monoisotopic (exact) mass is 234 g/mol. The van der Waals surface area contributed by atoms with Crippen molar-refractivity contribution in [2.24, 2.45) is 0 Å². The molecular formula is C13H18N2S. The second-order valence-corrected chi connectivity index (χ2v) is 6.09. The van der Waals surface area contributed by atoms with Gasteiger partial charge in [0, 0.05) is 24.5 Å². The molecule has 1 aromatic rings. The quantitative estimate of drug-likeness (QED) is 0.699. The third kappa shape index (κ3) is 1.72. The van der Waals surface area contributed by atoms with Crippen molar-refractivity contribution in [3.63, 3.8) is 0 Å². The first-order chi connectivity index (χ1) is 7.74. The van der Waals surface area contributed by atoms with Gasteiger partial charge in [0.1, 0.15) is 0 Å². The van der Waals surface area contributed by atoms with Crippen LogP contribution in [0.4, 0.5) is 5.69 Å². The zero-order valence-electron chi connectivity index (χ0n) is 9.70. The molecule has 1 unspecified atom stereocenters. The van der Waals surface area contributed by atoms with E-state index in [1.165, 1.54) is 29.8 Å². The predicted molar refractivity (Wildman–Crippen MR) is 70.7 cm³/mol. The molecule has 2 aliphatic rings. The highest BCUT2D eigenvalue weighted by molar-refractivity contribution is 7.98. The van der Waals surface area contributed by atoms with Crippen LogP contribution in [0.3, 0.4) is 0 Å². The normalized spacial score (nSPS) is 24.9. The van der Waals surface area contributed by atoms with Gasteiger partial charge in [-0.05, 0) is 54.0 Å². The average Bonchev–Trinajstić information content (AvgIpc) is 2.40. The van der Waals surface area contributed by atoms with Crippen molar-refractivity contribution in [3.05, 3.63) is 28.8 Å². The van der Waals surface area contributed by atoms with Crippen LogP contribution < -0.4 is 5.73 Å². The standard InChI is InChI=1S/C13H18N2S/c1-15-6-9-2-3-16-8-11-5-12(14)4-10(7-15)13(9)11/h4-5,9H,2-3,6-8,14H2,1H3. The lowest BCUT2D eigenvalue weighted by molar-refractivity contribution is 0.278. The SMILES string of the molecule is CN1Cc2cc(N)cc3c2C(CCSC3)C1. The topological polar surface area (TPSA) is 29.3 Å². The molecule has 1 atom stereocenters. The minimum Gasteiger partial charge on any atom is -0.399 e. The molecule has 2 N–H and O–H groups in total. The molecule has 0 amide bonds. The summed E-state index contributed by atoms with van der Waals surface area (Å²) >= 11 is 2.05. The van der Waals surface area contributed by atoms with Gasteiger partial charge < -0.3 is 10.6 Å². The second kappa shape index (κ2) is 3.97. The first-order valence-corrected chi connectivity index (χ1v) is 7.07. The number of rotatable bonds is 0. The maximum atomic E-state index is 6.00. The molecule has 0 saturated heterocycles. The minimum absolute atomic E-state index is 0.736. The minimum atomic E-state index is 0.736. The van der Waals surface area contributed by atoms with Crippen molar-refractivity contribution in [1.82, 2.24) is 4.90 Å². The van der Waals surface area contributed by atoms with Crippen LogP contribution in [0.15, 0.2) is 12.1 Å². The lowest BCUT2D eigenvalue weighted by Crippen LogP contribution is -2.31. The first kappa shape index (κ1) is 10.5. The third-order valence-corrected chi connectivity index (χ3v) is 4.66. The van der Waals surface area contributed by atoms with E-state index in [1.807, 2.05) is 11.8 Å². The summed E-state index contributed by atoms with van der Waals surface area (Å²) < 4.78 is 0. The van der Waals surface area contributed by atoms with Crippen molar-refractivity contribution in [2.45, 2.75) is 24.6 Å². The third-order valence-electron chi connectivity index (χ3n) is 3.62. The van der Waals surface area contributed by atoms with Crippen LogP contribution in [0.5, 0.6) is 0 Å². The Bertz CT molecular complexity index is 417. The fourth-order valence-corrected chi connectivity index (χ4v) is 4.10. The number of benzene rings is 1. The number of hydrogen-bond acceptors (Lipinski definition) is 3. The van der Waals surface area contributed by atoms with Crippen molar-refractivity contribution >= 4 is 17.4 Å². The Labute approximate surface area is 101 Å². The Balaban J connectivity index is 2.14. The number of hydrogen-bond donors (Lipinski definition) is 1. The summed E-state index contributed by atoms with van der Waals surface area (Å²) in [6.45, 7) is 2.28. The molecule has 3 rings (SSSR count). The van der Waals surface area contributed by atoms with Crippen molar-refractivity contribution in [1.29, 1.82) is 0 Å². The smallest absolute Gasteiger partial charge is 0.0320 e. The number of nitrogen functional groups attached to an aromatic ring is 1. The van der Waals surface area contributed by atoms with Crippen molar-refractivity contribution in [3.8, 4) is 0 Å². The van der Waals surface area contributed by atoms with Gasteiger partial charge in [-0.25, -0.2) is 0 Å². The van der Waals surface area contributed by atoms with Gasteiger partial charge in [0.25, 0.3) is 0 Å². The molecule has 1 aromatic carbocycles. The zero-order valence-corrected chi connectivity index (χ0v) is 10.5. The van der Waals surface area contributed by atoms with Crippen LogP contribution in [-0.2, 0) is 12.3 Å². The van der Waals surface area contributed by atoms with E-state index in [9.17, 15) is 0 Å². The lowest BCUT2D eigenvalue weighted by Gasteiger charge is -2.33. The van der Waals surface area contributed by atoms with E-state index in [1.54, 1.807) is 5.56 Å². The summed E-state index contributed by atoms with van der Waals surface area (Å²) in [7, 11) is 2.21. The molecule has 0 spiro atoms. The van der Waals surface area contributed by atoms with E-state index in [-0.39, 0.29) is 0 Å². The maximum Gasteiger partial charge on any atom is 0.0320 e. The summed E-state index contributed by atoms with van der Waals surface area (Å²) in [5.41, 5.74) is 11.5. The van der Waals surface area contributed by atoms with E-state index in [0.29, 0.717) is 0 Å². The van der Waals surface area contributed by atoms with Crippen molar-refractivity contribution < 1.29 is 0 Å². The van der Waals surface area contributed by atoms with E-state index >= 15 is 0 Å². The molecule has 0 aromatic heterocycles. The predicted octanol–water partition coefficient (Wildman–Crippen LogP) is 2.43. The number of thioether (sulfide) groups is 1. The zero-order chi connectivity index (χ0) is 11.1. The van der Waals surface area contributed by atoms with Gasteiger partial charge in [-0.2, -0.15) is 11.8 Å². The maximum absolute atomic E-state index is 6.00. The van der Waals surface area contributed by atoms with E-state index in [2.05, 4.69) is 24.1 Å². The van der Waals surface area contributed by atoms with Crippen LogP contribution >= 0.6 is 11.8 Å². The lowest BCUT2D eigenvalue weighted by atomic mass is 9.85. The van der Waals surface area contributed by atoms with Gasteiger partial charge in [-0.15, -0.1) is 0 Å². The fourth-order valence-electron chi connectivity index (χ4n) is 3.05. The van der Waals surface area contributed by atoms with Gasteiger partial charge >= 0.3 is 0 Å². The van der Waals surface area contributed by atoms with Crippen LogP contribution in [0, 0.1) is 0 Å². The van der Waals surface area contributed by atoms with E-state index in [0.717, 1.165) is 23.9 Å². The second-order valence-electron chi connectivity index (χ2n) is 4.99. The summed E-state index contributed by atoms with van der Waals surface area (Å²) in [5.74, 6) is 3.17. The average molecular weight is 234 g/mol. The Hall–Kier alpha value is -0.670. The van der Waals surface area contributed by atoms with E-state index in [4.69, 9.17) is 5.73 Å². The molecule has 16 heavy (non-hydrogen) atoms. The first-order valence-electron chi connectivity index (χ1n) is 5.91. The highest BCUT2D eigenvalue weighted by Gasteiger charge is 2.27. The molecule has 86 valence electrons. The Morgan fingerprint density at radius 3 is 3.06 bits per heavy atom. The van der Waals surface area contributed by atoms with E-state index < -0.39 is 0 Å².